The summed E-state index contributed by atoms with van der Waals surface area (Å²) >= 11 is 1.63. The molecule has 4 nitrogen and oxygen atoms in total. The van der Waals surface area contributed by atoms with Gasteiger partial charge in [-0.05, 0) is 25.1 Å². The maximum absolute atomic E-state index is 8.69. The van der Waals surface area contributed by atoms with Crippen molar-refractivity contribution in [1.82, 2.24) is 15.1 Å². The van der Waals surface area contributed by atoms with E-state index in [4.69, 9.17) is 5.26 Å². The first-order chi connectivity index (χ1) is 8.38. The Labute approximate surface area is 105 Å². The summed E-state index contributed by atoms with van der Waals surface area (Å²) in [5.74, 6) is 0. The van der Waals surface area contributed by atoms with Gasteiger partial charge in [0.2, 0.25) is 0 Å². The van der Waals surface area contributed by atoms with Crippen LogP contribution in [0.25, 0.3) is 0 Å². The molecule has 1 N–H and O–H groups in total. The van der Waals surface area contributed by atoms with Crippen LogP contribution in [0.3, 0.4) is 0 Å². The highest BCUT2D eigenvalue weighted by atomic mass is 32.1. The van der Waals surface area contributed by atoms with Gasteiger partial charge in [-0.1, -0.05) is 0 Å². The van der Waals surface area contributed by atoms with Crippen molar-refractivity contribution in [2.45, 2.75) is 19.5 Å². The Bertz CT molecular complexity index is 481. The van der Waals surface area contributed by atoms with E-state index in [1.165, 1.54) is 4.88 Å². The molecule has 88 valence electrons. The molecule has 0 atom stereocenters. The zero-order valence-electron chi connectivity index (χ0n) is 9.47. The van der Waals surface area contributed by atoms with E-state index in [0.29, 0.717) is 0 Å². The van der Waals surface area contributed by atoms with Crippen LogP contribution in [0.4, 0.5) is 0 Å². The number of aryl methyl sites for hydroxylation is 1. The van der Waals surface area contributed by atoms with E-state index < -0.39 is 0 Å². The SMILES string of the molecule is N#Cc1csc(CNCCCn2cccn2)c1. The quantitative estimate of drug-likeness (QED) is 0.793. The summed E-state index contributed by atoms with van der Waals surface area (Å²) in [5, 5.41) is 18.1. The monoisotopic (exact) mass is 246 g/mol. The molecule has 0 unspecified atom stereocenters. The van der Waals surface area contributed by atoms with Crippen LogP contribution in [0.5, 0.6) is 0 Å². The predicted octanol–water partition coefficient (Wildman–Crippen LogP) is 2.00. The van der Waals surface area contributed by atoms with Crippen LogP contribution in [0.1, 0.15) is 16.9 Å². The van der Waals surface area contributed by atoms with Gasteiger partial charge < -0.3 is 5.32 Å². The van der Waals surface area contributed by atoms with Gasteiger partial charge >= 0.3 is 0 Å². The molecule has 0 aliphatic rings. The lowest BCUT2D eigenvalue weighted by molar-refractivity contribution is 0.544. The molecule has 2 rings (SSSR count). The lowest BCUT2D eigenvalue weighted by atomic mass is 10.3. The van der Waals surface area contributed by atoms with Gasteiger partial charge in [0, 0.05) is 35.7 Å². The second kappa shape index (κ2) is 6.18. The number of hydrogen-bond donors (Lipinski definition) is 1. The maximum atomic E-state index is 8.69. The fraction of sp³-hybridized carbons (Fsp3) is 0.333. The van der Waals surface area contributed by atoms with Gasteiger partial charge in [0.15, 0.2) is 0 Å². The van der Waals surface area contributed by atoms with Crippen molar-refractivity contribution < 1.29 is 0 Å². The van der Waals surface area contributed by atoms with Gasteiger partial charge in [0.25, 0.3) is 0 Å². The Hall–Kier alpha value is -1.64. The number of nitriles is 1. The Balaban J connectivity index is 1.62. The second-order valence-electron chi connectivity index (χ2n) is 3.71. The number of nitrogens with one attached hydrogen (secondary N) is 1. The van der Waals surface area contributed by atoms with Gasteiger partial charge in [-0.25, -0.2) is 0 Å². The van der Waals surface area contributed by atoms with Crippen LogP contribution in [-0.2, 0) is 13.1 Å². The molecular weight excluding hydrogens is 232 g/mol. The molecule has 17 heavy (non-hydrogen) atoms. The highest BCUT2D eigenvalue weighted by Crippen LogP contribution is 2.13. The molecule has 0 fully saturated rings. The molecule has 2 aromatic heterocycles. The first-order valence-corrected chi connectivity index (χ1v) is 6.42. The first kappa shape index (κ1) is 11.8. The molecule has 0 radical (unpaired) electrons. The number of rotatable bonds is 6. The van der Waals surface area contributed by atoms with Crippen molar-refractivity contribution in [1.29, 1.82) is 5.26 Å². The topological polar surface area (TPSA) is 53.6 Å². The van der Waals surface area contributed by atoms with Crippen LogP contribution in [-0.4, -0.2) is 16.3 Å². The van der Waals surface area contributed by atoms with E-state index in [0.717, 1.165) is 31.6 Å². The molecule has 0 spiro atoms. The predicted molar refractivity (Wildman–Crippen MR) is 67.6 cm³/mol. The minimum atomic E-state index is 0.753. The molecular formula is C12H14N4S. The van der Waals surface area contributed by atoms with E-state index in [9.17, 15) is 0 Å². The Morgan fingerprint density at radius 3 is 3.18 bits per heavy atom. The van der Waals surface area contributed by atoms with Crippen LogP contribution in [0, 0.1) is 11.3 Å². The van der Waals surface area contributed by atoms with Crippen molar-refractivity contribution in [2.24, 2.45) is 0 Å². The smallest absolute Gasteiger partial charge is 0.100 e. The van der Waals surface area contributed by atoms with Gasteiger partial charge in [0.05, 0.1) is 5.56 Å². The van der Waals surface area contributed by atoms with E-state index in [-0.39, 0.29) is 0 Å². The highest BCUT2D eigenvalue weighted by molar-refractivity contribution is 7.10. The van der Waals surface area contributed by atoms with Crippen molar-refractivity contribution in [3.63, 3.8) is 0 Å². The van der Waals surface area contributed by atoms with Gasteiger partial charge in [-0.3, -0.25) is 4.68 Å². The number of hydrogen-bond acceptors (Lipinski definition) is 4. The Morgan fingerprint density at radius 1 is 1.53 bits per heavy atom. The lowest BCUT2D eigenvalue weighted by Crippen LogP contribution is -2.16. The van der Waals surface area contributed by atoms with Crippen LogP contribution >= 0.6 is 11.3 Å². The van der Waals surface area contributed by atoms with E-state index in [2.05, 4.69) is 16.5 Å². The van der Waals surface area contributed by atoms with Crippen molar-refractivity contribution in [3.05, 3.63) is 40.3 Å². The average molecular weight is 246 g/mol. The van der Waals surface area contributed by atoms with Crippen LogP contribution in [0.15, 0.2) is 29.9 Å². The second-order valence-corrected chi connectivity index (χ2v) is 4.71. The summed E-state index contributed by atoms with van der Waals surface area (Å²) < 4.78 is 1.93. The third kappa shape index (κ3) is 3.70. The van der Waals surface area contributed by atoms with Gasteiger partial charge in [-0.15, -0.1) is 11.3 Å². The molecule has 5 heteroatoms. The molecule has 0 saturated heterocycles. The summed E-state index contributed by atoms with van der Waals surface area (Å²) in [6.07, 6.45) is 4.82. The summed E-state index contributed by atoms with van der Waals surface area (Å²) in [5.41, 5.74) is 0.753. The third-order valence-corrected chi connectivity index (χ3v) is 3.32. The van der Waals surface area contributed by atoms with Crippen LogP contribution in [0.2, 0.25) is 0 Å². The highest BCUT2D eigenvalue weighted by Gasteiger charge is 1.98. The van der Waals surface area contributed by atoms with Crippen molar-refractivity contribution in [3.8, 4) is 6.07 Å². The molecule has 0 bridgehead atoms. The Morgan fingerprint density at radius 2 is 2.47 bits per heavy atom. The minimum absolute atomic E-state index is 0.753. The van der Waals surface area contributed by atoms with E-state index >= 15 is 0 Å². The maximum Gasteiger partial charge on any atom is 0.100 e. The summed E-state index contributed by atoms with van der Waals surface area (Å²) in [7, 11) is 0. The standard InChI is InChI=1S/C12H14N4S/c13-8-11-7-12(17-10-11)9-14-3-1-5-16-6-2-4-15-16/h2,4,6-7,10,14H,1,3,5,9H2. The largest absolute Gasteiger partial charge is 0.312 e. The zero-order valence-corrected chi connectivity index (χ0v) is 10.3. The van der Waals surface area contributed by atoms with Crippen molar-refractivity contribution in [2.75, 3.05) is 6.54 Å². The van der Waals surface area contributed by atoms with Crippen LogP contribution < -0.4 is 5.32 Å². The normalized spacial score (nSPS) is 10.3. The summed E-state index contributed by atoms with van der Waals surface area (Å²) in [6.45, 7) is 2.74. The first-order valence-electron chi connectivity index (χ1n) is 5.54. The molecule has 2 heterocycles. The third-order valence-electron chi connectivity index (χ3n) is 2.38. The summed E-state index contributed by atoms with van der Waals surface area (Å²) in [6, 6.07) is 6.01. The molecule has 0 aliphatic carbocycles. The molecule has 0 aromatic carbocycles. The lowest BCUT2D eigenvalue weighted by Gasteiger charge is -2.03. The number of nitrogens with zero attached hydrogens (tertiary/aromatic N) is 3. The zero-order chi connectivity index (χ0) is 11.9. The van der Waals surface area contributed by atoms with Crippen molar-refractivity contribution >= 4 is 11.3 Å². The minimum Gasteiger partial charge on any atom is -0.312 e. The molecule has 2 aromatic rings. The average Bonchev–Trinajstić information content (AvgIpc) is 2.99. The van der Waals surface area contributed by atoms with E-state index in [1.54, 1.807) is 17.5 Å². The number of aromatic nitrogens is 2. The molecule has 0 aliphatic heterocycles. The summed E-state index contributed by atoms with van der Waals surface area (Å²) in [4.78, 5) is 1.21. The fourth-order valence-electron chi connectivity index (χ4n) is 1.54. The van der Waals surface area contributed by atoms with Gasteiger partial charge in [0.1, 0.15) is 6.07 Å². The molecule has 0 amide bonds. The van der Waals surface area contributed by atoms with Gasteiger partial charge in [-0.2, -0.15) is 10.4 Å². The molecule has 0 saturated carbocycles. The Kier molecular flexibility index (Phi) is 4.30. The number of thiophene rings is 1. The fourth-order valence-corrected chi connectivity index (χ4v) is 2.32. The van der Waals surface area contributed by atoms with E-state index in [1.807, 2.05) is 28.4 Å².